The molecule has 0 atom stereocenters. The van der Waals surface area contributed by atoms with E-state index in [2.05, 4.69) is 33.1 Å². The smallest absolute Gasteiger partial charge is 0.271 e. The van der Waals surface area contributed by atoms with E-state index in [1.165, 1.54) is 18.3 Å². The van der Waals surface area contributed by atoms with Crippen LogP contribution in [-0.2, 0) is 0 Å². The third-order valence-corrected chi connectivity index (χ3v) is 4.24. The minimum atomic E-state index is -0.442. The predicted octanol–water partition coefficient (Wildman–Crippen LogP) is 3.75. The second kappa shape index (κ2) is 7.91. The van der Waals surface area contributed by atoms with Gasteiger partial charge in [0.1, 0.15) is 0 Å². The maximum absolute atomic E-state index is 12.1. The van der Waals surface area contributed by atoms with Crippen LogP contribution in [0, 0.1) is 13.7 Å². The van der Waals surface area contributed by atoms with Crippen LogP contribution in [0.15, 0.2) is 72.0 Å². The monoisotopic (exact) mass is 460 g/mol. The summed E-state index contributed by atoms with van der Waals surface area (Å²) in [6, 6.07) is 17.0. The Kier molecular flexibility index (Phi) is 5.42. The van der Waals surface area contributed by atoms with Crippen molar-refractivity contribution >= 4 is 40.4 Å². The van der Waals surface area contributed by atoms with Crippen molar-refractivity contribution in [2.24, 2.45) is 5.10 Å². The summed E-state index contributed by atoms with van der Waals surface area (Å²) in [6.07, 6.45) is 3.33. The van der Waals surface area contributed by atoms with Gasteiger partial charge in [0.2, 0.25) is 0 Å². The molecule has 0 aliphatic heterocycles. The second-order valence-corrected chi connectivity index (χ2v) is 6.53. The standard InChI is InChI=1S/C18H13IN4O3/c19-14-4-1-3-13(11-14)18(24)21-20-12-17-5-2-10-22(17)15-6-8-16(9-7-15)23(25)26/h1-12H,(H,21,24). The highest BCUT2D eigenvalue weighted by atomic mass is 127. The lowest BCUT2D eigenvalue weighted by molar-refractivity contribution is -0.384. The molecule has 1 amide bonds. The van der Waals surface area contributed by atoms with Gasteiger partial charge in [-0.2, -0.15) is 5.10 Å². The molecule has 1 heterocycles. The summed E-state index contributed by atoms with van der Waals surface area (Å²) in [4.78, 5) is 22.4. The summed E-state index contributed by atoms with van der Waals surface area (Å²) in [6.45, 7) is 0. The van der Waals surface area contributed by atoms with E-state index in [9.17, 15) is 14.9 Å². The van der Waals surface area contributed by atoms with Crippen molar-refractivity contribution in [2.45, 2.75) is 0 Å². The maximum atomic E-state index is 12.1. The third-order valence-electron chi connectivity index (χ3n) is 3.57. The largest absolute Gasteiger partial charge is 0.316 e. The second-order valence-electron chi connectivity index (χ2n) is 5.29. The van der Waals surface area contributed by atoms with Gasteiger partial charge in [0.25, 0.3) is 11.6 Å². The zero-order valence-electron chi connectivity index (χ0n) is 13.4. The summed E-state index contributed by atoms with van der Waals surface area (Å²) in [5, 5.41) is 14.7. The first-order valence-corrected chi connectivity index (χ1v) is 8.63. The van der Waals surface area contributed by atoms with Crippen LogP contribution in [0.1, 0.15) is 16.1 Å². The van der Waals surface area contributed by atoms with Gasteiger partial charge in [0, 0.05) is 33.2 Å². The number of rotatable bonds is 5. The molecular formula is C18H13IN4O3. The number of aromatic nitrogens is 1. The van der Waals surface area contributed by atoms with E-state index in [1.807, 2.05) is 29.0 Å². The number of hydrogen-bond donors (Lipinski definition) is 1. The van der Waals surface area contributed by atoms with Gasteiger partial charge in [-0.05, 0) is 65.1 Å². The summed E-state index contributed by atoms with van der Waals surface area (Å²) in [7, 11) is 0. The first kappa shape index (κ1) is 17.8. The fraction of sp³-hybridized carbons (Fsp3) is 0. The van der Waals surface area contributed by atoms with Crippen LogP contribution >= 0.6 is 22.6 Å². The van der Waals surface area contributed by atoms with Crippen molar-refractivity contribution in [2.75, 3.05) is 0 Å². The molecule has 0 bridgehead atoms. The lowest BCUT2D eigenvalue weighted by atomic mass is 10.2. The van der Waals surface area contributed by atoms with Crippen LogP contribution in [0.5, 0.6) is 0 Å². The van der Waals surface area contributed by atoms with E-state index in [4.69, 9.17) is 0 Å². The molecule has 3 rings (SSSR count). The van der Waals surface area contributed by atoms with Crippen molar-refractivity contribution in [1.29, 1.82) is 0 Å². The van der Waals surface area contributed by atoms with Crippen LogP contribution < -0.4 is 5.43 Å². The molecule has 1 N–H and O–H groups in total. The number of nitrogens with zero attached hydrogens (tertiary/aromatic N) is 3. The van der Waals surface area contributed by atoms with E-state index in [-0.39, 0.29) is 11.6 Å². The Morgan fingerprint density at radius 2 is 1.92 bits per heavy atom. The number of amides is 1. The number of nitro benzene ring substituents is 1. The highest BCUT2D eigenvalue weighted by Crippen LogP contribution is 2.17. The molecule has 0 aliphatic carbocycles. The Bertz CT molecular complexity index is 980. The first-order chi connectivity index (χ1) is 12.5. The average Bonchev–Trinajstić information content (AvgIpc) is 3.10. The van der Waals surface area contributed by atoms with Gasteiger partial charge in [-0.25, -0.2) is 5.43 Å². The Labute approximate surface area is 162 Å². The van der Waals surface area contributed by atoms with Crippen molar-refractivity contribution in [3.63, 3.8) is 0 Å². The Hall–Kier alpha value is -3.01. The van der Waals surface area contributed by atoms with Gasteiger partial charge < -0.3 is 4.57 Å². The van der Waals surface area contributed by atoms with E-state index in [0.717, 1.165) is 15.0 Å². The summed E-state index contributed by atoms with van der Waals surface area (Å²) in [5.41, 5.74) is 4.53. The fourth-order valence-corrected chi connectivity index (χ4v) is 2.86. The molecule has 3 aromatic rings. The third kappa shape index (κ3) is 4.14. The van der Waals surface area contributed by atoms with E-state index < -0.39 is 4.92 Å². The molecule has 1 aromatic heterocycles. The number of halogens is 1. The summed E-state index contributed by atoms with van der Waals surface area (Å²) >= 11 is 2.14. The molecule has 0 spiro atoms. The number of nitrogens with one attached hydrogen (secondary N) is 1. The molecule has 0 radical (unpaired) electrons. The minimum Gasteiger partial charge on any atom is -0.316 e. The lowest BCUT2D eigenvalue weighted by Gasteiger charge is -2.06. The molecule has 0 fully saturated rings. The predicted molar refractivity (Wildman–Crippen MR) is 107 cm³/mol. The molecule has 0 unspecified atom stereocenters. The van der Waals surface area contributed by atoms with Gasteiger partial charge in [0.15, 0.2) is 0 Å². The topological polar surface area (TPSA) is 89.5 Å². The average molecular weight is 460 g/mol. The van der Waals surface area contributed by atoms with Crippen molar-refractivity contribution in [3.05, 3.63) is 91.8 Å². The van der Waals surface area contributed by atoms with Crippen LogP contribution in [0.2, 0.25) is 0 Å². The summed E-state index contributed by atoms with van der Waals surface area (Å²) in [5.74, 6) is -0.298. The fourth-order valence-electron chi connectivity index (χ4n) is 2.32. The highest BCUT2D eigenvalue weighted by molar-refractivity contribution is 14.1. The Balaban J connectivity index is 1.73. The van der Waals surface area contributed by atoms with E-state index >= 15 is 0 Å². The minimum absolute atomic E-state index is 0.0286. The van der Waals surface area contributed by atoms with Gasteiger partial charge in [-0.3, -0.25) is 14.9 Å². The molecule has 26 heavy (non-hydrogen) atoms. The van der Waals surface area contributed by atoms with Crippen LogP contribution in [0.25, 0.3) is 5.69 Å². The molecular weight excluding hydrogens is 447 g/mol. The molecule has 130 valence electrons. The van der Waals surface area contributed by atoms with Crippen LogP contribution in [0.4, 0.5) is 5.69 Å². The van der Waals surface area contributed by atoms with Crippen molar-refractivity contribution in [1.82, 2.24) is 9.99 Å². The van der Waals surface area contributed by atoms with Crippen molar-refractivity contribution in [3.8, 4) is 5.69 Å². The number of non-ortho nitro benzene ring substituents is 1. The first-order valence-electron chi connectivity index (χ1n) is 7.56. The zero-order chi connectivity index (χ0) is 18.5. The van der Waals surface area contributed by atoms with Gasteiger partial charge >= 0.3 is 0 Å². The van der Waals surface area contributed by atoms with Gasteiger partial charge in [0.05, 0.1) is 16.8 Å². The number of carbonyl (C=O) groups excluding carboxylic acids is 1. The normalized spacial score (nSPS) is 10.8. The molecule has 8 heteroatoms. The van der Waals surface area contributed by atoms with Crippen molar-refractivity contribution < 1.29 is 9.72 Å². The number of hydrogen-bond acceptors (Lipinski definition) is 4. The molecule has 7 nitrogen and oxygen atoms in total. The van der Waals surface area contributed by atoms with Crippen LogP contribution in [-0.4, -0.2) is 21.6 Å². The van der Waals surface area contributed by atoms with Gasteiger partial charge in [-0.15, -0.1) is 0 Å². The molecule has 0 saturated carbocycles. The number of nitro groups is 1. The molecule has 0 saturated heterocycles. The highest BCUT2D eigenvalue weighted by Gasteiger charge is 2.07. The number of carbonyl (C=O) groups is 1. The Morgan fingerprint density at radius 1 is 1.15 bits per heavy atom. The van der Waals surface area contributed by atoms with E-state index in [1.54, 1.807) is 30.3 Å². The van der Waals surface area contributed by atoms with E-state index in [0.29, 0.717) is 5.56 Å². The zero-order valence-corrected chi connectivity index (χ0v) is 15.5. The number of benzene rings is 2. The SMILES string of the molecule is O=C(NN=Cc1cccn1-c1ccc([N+](=O)[O-])cc1)c1cccc(I)c1. The van der Waals surface area contributed by atoms with Crippen LogP contribution in [0.3, 0.4) is 0 Å². The number of hydrazone groups is 1. The quantitative estimate of drug-likeness (QED) is 0.272. The summed E-state index contributed by atoms with van der Waals surface area (Å²) < 4.78 is 2.77. The maximum Gasteiger partial charge on any atom is 0.271 e. The molecule has 0 aliphatic rings. The van der Waals surface area contributed by atoms with Gasteiger partial charge in [-0.1, -0.05) is 6.07 Å². The lowest BCUT2D eigenvalue weighted by Crippen LogP contribution is -2.17. The molecule has 2 aromatic carbocycles. The Morgan fingerprint density at radius 3 is 2.62 bits per heavy atom.